The van der Waals surface area contributed by atoms with Gasteiger partial charge in [0.2, 0.25) is 5.43 Å². The van der Waals surface area contributed by atoms with Crippen LogP contribution >= 0.6 is 0 Å². The molecule has 1 amide bonds. The van der Waals surface area contributed by atoms with E-state index in [4.69, 9.17) is 4.74 Å². The molecular formula is C23H20N4O4. The van der Waals surface area contributed by atoms with Crippen LogP contribution in [0.25, 0.3) is 0 Å². The van der Waals surface area contributed by atoms with Crippen molar-refractivity contribution in [3.63, 3.8) is 0 Å². The molecule has 1 atom stereocenters. The third-order valence-electron chi connectivity index (χ3n) is 5.48. The number of pyridine rings is 2. The summed E-state index contributed by atoms with van der Waals surface area (Å²) in [6.07, 6.45) is 8.63. The summed E-state index contributed by atoms with van der Waals surface area (Å²) in [6, 6.07) is 12.5. The van der Waals surface area contributed by atoms with Crippen molar-refractivity contribution in [2.24, 2.45) is 0 Å². The van der Waals surface area contributed by atoms with Crippen LogP contribution in [0.3, 0.4) is 0 Å². The lowest BCUT2D eigenvalue weighted by Gasteiger charge is -2.43. The lowest BCUT2D eigenvalue weighted by atomic mass is 9.98. The number of carbonyl (C=O) groups excluding carboxylic acids is 1. The van der Waals surface area contributed by atoms with Crippen molar-refractivity contribution < 1.29 is 14.6 Å². The minimum absolute atomic E-state index is 0.0568. The average molecular weight is 416 g/mol. The van der Waals surface area contributed by atoms with Crippen LogP contribution in [0, 0.1) is 0 Å². The van der Waals surface area contributed by atoms with Crippen molar-refractivity contribution >= 4 is 5.91 Å². The number of aromatic nitrogens is 2. The quantitative estimate of drug-likeness (QED) is 0.611. The van der Waals surface area contributed by atoms with E-state index < -0.39 is 17.1 Å². The SMILES string of the molecule is O=C1c2c(O)c(=O)ccn2N2CN1C/C=C\COc1ccncc1C2c1ccccc1. The van der Waals surface area contributed by atoms with Gasteiger partial charge in [0.05, 0.1) is 0 Å². The molecule has 8 nitrogen and oxygen atoms in total. The molecule has 0 fully saturated rings. The van der Waals surface area contributed by atoms with Gasteiger partial charge < -0.3 is 14.7 Å². The van der Waals surface area contributed by atoms with Crippen molar-refractivity contribution in [3.05, 3.63) is 100 Å². The molecule has 1 aromatic carbocycles. The minimum atomic E-state index is -0.595. The highest BCUT2D eigenvalue weighted by molar-refractivity contribution is 5.96. The van der Waals surface area contributed by atoms with Crippen molar-refractivity contribution in [3.8, 4) is 11.5 Å². The average Bonchev–Trinajstić information content (AvgIpc) is 2.82. The Bertz CT molecular complexity index is 1220. The summed E-state index contributed by atoms with van der Waals surface area (Å²) in [4.78, 5) is 31.2. The fraction of sp³-hybridized carbons (Fsp3) is 0.174. The summed E-state index contributed by atoms with van der Waals surface area (Å²) >= 11 is 0. The van der Waals surface area contributed by atoms with Gasteiger partial charge in [-0.3, -0.25) is 24.3 Å². The van der Waals surface area contributed by atoms with Crippen LogP contribution in [-0.2, 0) is 0 Å². The third-order valence-corrected chi connectivity index (χ3v) is 5.48. The summed E-state index contributed by atoms with van der Waals surface area (Å²) in [5, 5.41) is 12.4. The maximum absolute atomic E-state index is 13.1. The summed E-state index contributed by atoms with van der Waals surface area (Å²) in [5.74, 6) is -0.296. The van der Waals surface area contributed by atoms with E-state index in [0.29, 0.717) is 18.9 Å². The fourth-order valence-electron chi connectivity index (χ4n) is 4.02. The van der Waals surface area contributed by atoms with Crippen LogP contribution < -0.4 is 15.2 Å². The number of aromatic hydroxyl groups is 1. The van der Waals surface area contributed by atoms with Crippen molar-refractivity contribution in [2.45, 2.75) is 6.04 Å². The number of amides is 1. The zero-order valence-corrected chi connectivity index (χ0v) is 16.6. The fourth-order valence-corrected chi connectivity index (χ4v) is 4.02. The summed E-state index contributed by atoms with van der Waals surface area (Å²) in [7, 11) is 0. The molecule has 4 heterocycles. The molecule has 0 radical (unpaired) electrons. The number of rotatable bonds is 1. The molecule has 8 heteroatoms. The standard InChI is InChI=1S/C23H20N4O4/c28-18-9-12-26-21(22(18)29)23(30)25-11-4-5-13-31-19-8-10-24-14-17(19)20(27(26)15-25)16-6-2-1-3-7-16/h1-10,12,14,20,29H,11,13,15H2/b5-4-. The van der Waals surface area contributed by atoms with Gasteiger partial charge in [0.15, 0.2) is 11.4 Å². The van der Waals surface area contributed by atoms with Crippen LogP contribution in [0.5, 0.6) is 11.5 Å². The second-order valence-corrected chi connectivity index (χ2v) is 7.34. The first-order valence-electron chi connectivity index (χ1n) is 9.92. The second kappa shape index (κ2) is 7.64. The van der Waals surface area contributed by atoms with Gasteiger partial charge in [0, 0.05) is 36.8 Å². The molecule has 2 bridgehead atoms. The van der Waals surface area contributed by atoms with Crippen LogP contribution in [0.15, 0.2) is 78.0 Å². The zero-order chi connectivity index (χ0) is 21.4. The second-order valence-electron chi connectivity index (χ2n) is 7.34. The highest BCUT2D eigenvalue weighted by atomic mass is 16.5. The van der Waals surface area contributed by atoms with Gasteiger partial charge in [-0.15, -0.1) is 0 Å². The number of hydrogen-bond acceptors (Lipinski definition) is 6. The first kappa shape index (κ1) is 18.9. The Balaban J connectivity index is 1.80. The smallest absolute Gasteiger partial charge is 0.278 e. The predicted molar refractivity (Wildman–Crippen MR) is 114 cm³/mol. The number of benzene rings is 1. The molecule has 0 aliphatic carbocycles. The van der Waals surface area contributed by atoms with E-state index >= 15 is 0 Å². The van der Waals surface area contributed by atoms with Gasteiger partial charge in [-0.25, -0.2) is 0 Å². The molecule has 2 aromatic heterocycles. The third kappa shape index (κ3) is 3.22. The minimum Gasteiger partial charge on any atom is -0.502 e. The van der Waals surface area contributed by atoms with Crippen LogP contribution in [0.1, 0.15) is 27.7 Å². The largest absolute Gasteiger partial charge is 0.502 e. The van der Waals surface area contributed by atoms with E-state index in [9.17, 15) is 14.7 Å². The Morgan fingerprint density at radius 1 is 1.06 bits per heavy atom. The van der Waals surface area contributed by atoms with Gasteiger partial charge in [-0.05, 0) is 17.7 Å². The van der Waals surface area contributed by atoms with E-state index in [2.05, 4.69) is 4.98 Å². The maximum Gasteiger partial charge on any atom is 0.278 e. The molecule has 1 N–H and O–H groups in total. The van der Waals surface area contributed by atoms with E-state index in [-0.39, 0.29) is 18.4 Å². The lowest BCUT2D eigenvalue weighted by molar-refractivity contribution is 0.0701. The van der Waals surface area contributed by atoms with E-state index in [1.807, 2.05) is 53.6 Å². The number of ether oxygens (including phenoxy) is 1. The van der Waals surface area contributed by atoms with Crippen LogP contribution in [0.4, 0.5) is 0 Å². The Labute approximate surface area is 178 Å². The summed E-state index contributed by atoms with van der Waals surface area (Å²) < 4.78 is 7.57. The van der Waals surface area contributed by atoms with Gasteiger partial charge in [-0.1, -0.05) is 36.4 Å². The number of hydrogen-bond donors (Lipinski definition) is 1. The highest BCUT2D eigenvalue weighted by Gasteiger charge is 2.37. The predicted octanol–water partition coefficient (Wildman–Crippen LogP) is 2.04. The first-order valence-corrected chi connectivity index (χ1v) is 9.92. The Morgan fingerprint density at radius 2 is 1.90 bits per heavy atom. The van der Waals surface area contributed by atoms with Crippen molar-refractivity contribution in [1.29, 1.82) is 0 Å². The Morgan fingerprint density at radius 3 is 2.74 bits per heavy atom. The molecule has 0 spiro atoms. The monoisotopic (exact) mass is 416 g/mol. The molecule has 0 saturated heterocycles. The number of nitrogens with zero attached hydrogens (tertiary/aromatic N) is 4. The Hall–Kier alpha value is -4.07. The van der Waals surface area contributed by atoms with Gasteiger partial charge in [-0.2, -0.15) is 0 Å². The molecule has 2 aliphatic rings. The van der Waals surface area contributed by atoms with Gasteiger partial charge in [0.25, 0.3) is 5.91 Å². The molecule has 3 aromatic rings. The van der Waals surface area contributed by atoms with Crippen LogP contribution in [-0.4, -0.2) is 45.4 Å². The van der Waals surface area contributed by atoms with Crippen molar-refractivity contribution in [1.82, 2.24) is 14.6 Å². The van der Waals surface area contributed by atoms with E-state index in [1.54, 1.807) is 22.0 Å². The number of carbonyl (C=O) groups is 1. The topological polar surface area (TPSA) is 87.9 Å². The van der Waals surface area contributed by atoms with Crippen LogP contribution in [0.2, 0.25) is 0 Å². The molecule has 31 heavy (non-hydrogen) atoms. The first-order chi connectivity index (χ1) is 15.1. The molecule has 0 saturated carbocycles. The molecule has 1 unspecified atom stereocenters. The molecular weight excluding hydrogens is 396 g/mol. The van der Waals surface area contributed by atoms with E-state index in [0.717, 1.165) is 11.1 Å². The molecule has 156 valence electrons. The normalized spacial score (nSPS) is 19.0. The lowest BCUT2D eigenvalue weighted by Crippen LogP contribution is -2.55. The highest BCUT2D eigenvalue weighted by Crippen LogP contribution is 2.36. The van der Waals surface area contributed by atoms with E-state index in [1.165, 1.54) is 12.3 Å². The number of fused-ring (bicyclic) bond motifs is 5. The molecule has 2 aliphatic heterocycles. The molecule has 5 rings (SSSR count). The zero-order valence-electron chi connectivity index (χ0n) is 16.6. The Kier molecular flexibility index (Phi) is 4.66. The summed E-state index contributed by atoms with van der Waals surface area (Å²) in [5.41, 5.74) is 1.11. The summed E-state index contributed by atoms with van der Waals surface area (Å²) in [6.45, 7) is 0.903. The van der Waals surface area contributed by atoms with Gasteiger partial charge >= 0.3 is 0 Å². The van der Waals surface area contributed by atoms with Gasteiger partial charge in [0.1, 0.15) is 25.1 Å². The van der Waals surface area contributed by atoms with Crippen molar-refractivity contribution in [2.75, 3.05) is 24.8 Å². The maximum atomic E-state index is 13.1.